The van der Waals surface area contributed by atoms with Crippen LogP contribution < -0.4 is 0 Å². The van der Waals surface area contributed by atoms with Crippen LogP contribution >= 0.6 is 0 Å². The summed E-state index contributed by atoms with van der Waals surface area (Å²) in [5.74, 6) is -7.58. The van der Waals surface area contributed by atoms with Gasteiger partial charge in [-0.15, -0.1) is 0 Å². The van der Waals surface area contributed by atoms with Crippen LogP contribution in [0.3, 0.4) is 0 Å². The van der Waals surface area contributed by atoms with Gasteiger partial charge in [0.15, 0.2) is 17.6 Å². The largest absolute Gasteiger partial charge is 0.455 e. The Hall–Kier alpha value is -1.48. The van der Waals surface area contributed by atoms with E-state index in [1.165, 1.54) is 0 Å². The van der Waals surface area contributed by atoms with Gasteiger partial charge in [0.05, 0.1) is 0 Å². The van der Waals surface area contributed by atoms with E-state index < -0.39 is 60.4 Å². The molecule has 7 atom stereocenters. The zero-order valence-electron chi connectivity index (χ0n) is 23.6. The second-order valence-electron chi connectivity index (χ2n) is 11.5. The maximum absolute atomic E-state index is 12.7. The molecule has 2 saturated carbocycles. The van der Waals surface area contributed by atoms with Crippen LogP contribution in [0.4, 0.5) is 57.1 Å². The molecule has 41 heavy (non-hydrogen) atoms. The van der Waals surface area contributed by atoms with Crippen molar-refractivity contribution in [2.75, 3.05) is 6.61 Å². The van der Waals surface area contributed by atoms with Crippen LogP contribution in [0.1, 0.15) is 74.1 Å². The van der Waals surface area contributed by atoms with Crippen molar-refractivity contribution in [2.45, 2.75) is 110 Å². The molecule has 2 fully saturated rings. The molecule has 2 aliphatic rings. The molecule has 0 aliphatic heterocycles. The van der Waals surface area contributed by atoms with Gasteiger partial charge in [0.25, 0.3) is 0 Å². The van der Waals surface area contributed by atoms with Crippen LogP contribution in [0.2, 0.25) is 0 Å². The first-order valence-corrected chi connectivity index (χ1v) is 12.7. The maximum Gasteiger partial charge on any atom is 0.422 e. The normalized spacial score (nSPS) is 28.0. The zero-order chi connectivity index (χ0) is 33.2. The predicted molar refractivity (Wildman–Crippen MR) is 122 cm³/mol. The van der Waals surface area contributed by atoms with Crippen molar-refractivity contribution >= 4 is 5.97 Å². The van der Waals surface area contributed by atoms with Crippen LogP contribution in [0.25, 0.3) is 0 Å². The third kappa shape index (κ3) is 10.6. The first kappa shape index (κ1) is 39.5. The molecule has 1 N–H and O–H groups in total. The Morgan fingerprint density at radius 1 is 0.756 bits per heavy atom. The highest BCUT2D eigenvalue weighted by Gasteiger charge is 2.57. The van der Waals surface area contributed by atoms with Crippen LogP contribution in [0, 0.1) is 35.0 Å². The number of carbonyl (C=O) groups excluding carboxylic acids is 1. The number of carbonyl (C=O) groups is 1. The lowest BCUT2D eigenvalue weighted by molar-refractivity contribution is -0.260. The van der Waals surface area contributed by atoms with Crippen molar-refractivity contribution in [3.8, 4) is 0 Å². The van der Waals surface area contributed by atoms with Crippen LogP contribution in [0.15, 0.2) is 0 Å². The van der Waals surface area contributed by atoms with Gasteiger partial charge in [-0.25, -0.2) is 17.6 Å². The molecule has 7 unspecified atom stereocenters. The number of alkyl halides is 13. The average molecular weight is 633 g/mol. The van der Waals surface area contributed by atoms with Gasteiger partial charge < -0.3 is 9.84 Å². The van der Waals surface area contributed by atoms with Gasteiger partial charge in [0.2, 0.25) is 0 Å². The molecule has 0 radical (unpaired) electrons. The van der Waals surface area contributed by atoms with Gasteiger partial charge in [0.1, 0.15) is 0 Å². The number of fused-ring (bicyclic) bond motifs is 2. The summed E-state index contributed by atoms with van der Waals surface area (Å²) in [7, 11) is 0. The summed E-state index contributed by atoms with van der Waals surface area (Å²) < 4.78 is 160. The molecule has 0 amide bonds. The summed E-state index contributed by atoms with van der Waals surface area (Å²) in [4.78, 5) is 10.9. The van der Waals surface area contributed by atoms with Crippen molar-refractivity contribution in [3.63, 3.8) is 0 Å². The predicted octanol–water partition coefficient (Wildman–Crippen LogP) is 8.99. The number of aliphatic hydroxyl groups is 1. The Morgan fingerprint density at radius 2 is 1.20 bits per heavy atom. The third-order valence-corrected chi connectivity index (χ3v) is 8.23. The number of rotatable bonds is 6. The highest BCUT2D eigenvalue weighted by Crippen LogP contribution is 2.57. The lowest BCUT2D eigenvalue weighted by Crippen LogP contribution is -2.45. The SMILES string of the molecule is CC(F)(F)C(C)(F)F.CC1C2CC(CC(C)(O)C(F)(F)F)C(C2)C1C.CCC(C)(C(=O)OCC(F)(F)F)C(F)(F)F. The molecule has 0 saturated heterocycles. The Balaban J connectivity index is 0.000000625. The van der Waals surface area contributed by atoms with Crippen molar-refractivity contribution in [1.29, 1.82) is 0 Å². The second kappa shape index (κ2) is 13.0. The number of ether oxygens (including phenoxy) is 1. The van der Waals surface area contributed by atoms with E-state index in [9.17, 15) is 67.0 Å². The first-order valence-electron chi connectivity index (χ1n) is 12.7. The van der Waals surface area contributed by atoms with Crippen LogP contribution in [-0.2, 0) is 9.53 Å². The van der Waals surface area contributed by atoms with Crippen molar-refractivity contribution in [2.24, 2.45) is 35.0 Å². The summed E-state index contributed by atoms with van der Waals surface area (Å²) in [6.07, 6.45) is -13.2. The topological polar surface area (TPSA) is 46.5 Å². The Morgan fingerprint density at radius 3 is 1.46 bits per heavy atom. The molecule has 2 bridgehead atoms. The second-order valence-corrected chi connectivity index (χ2v) is 11.5. The summed E-state index contributed by atoms with van der Waals surface area (Å²) in [6.45, 7) is 5.16. The fourth-order valence-electron chi connectivity index (χ4n) is 4.72. The van der Waals surface area contributed by atoms with E-state index in [0.717, 1.165) is 26.7 Å². The van der Waals surface area contributed by atoms with E-state index in [4.69, 9.17) is 0 Å². The van der Waals surface area contributed by atoms with Gasteiger partial charge in [-0.1, -0.05) is 20.8 Å². The number of halogens is 13. The van der Waals surface area contributed by atoms with E-state index in [1.54, 1.807) is 0 Å². The molecular weight excluding hydrogens is 595 g/mol. The molecule has 16 heteroatoms. The smallest absolute Gasteiger partial charge is 0.422 e. The van der Waals surface area contributed by atoms with Gasteiger partial charge in [0, 0.05) is 13.8 Å². The first-order chi connectivity index (χ1) is 17.8. The summed E-state index contributed by atoms with van der Waals surface area (Å²) in [6, 6.07) is 0. The number of hydrogen-bond donors (Lipinski definition) is 1. The van der Waals surface area contributed by atoms with E-state index >= 15 is 0 Å². The molecule has 0 aromatic carbocycles. The minimum Gasteiger partial charge on any atom is -0.455 e. The summed E-state index contributed by atoms with van der Waals surface area (Å²) in [5.41, 5.74) is -5.43. The highest BCUT2D eigenvalue weighted by molar-refractivity contribution is 5.77. The molecule has 3 nitrogen and oxygen atoms in total. The van der Waals surface area contributed by atoms with E-state index in [-0.39, 0.29) is 26.2 Å². The molecular formula is C25H37F13O3. The quantitative estimate of drug-likeness (QED) is 0.235. The Bertz CT molecular complexity index is 824. The average Bonchev–Trinajstić information content (AvgIpc) is 3.27. The van der Waals surface area contributed by atoms with Gasteiger partial charge in [-0.05, 0) is 69.1 Å². The molecule has 0 aromatic heterocycles. The van der Waals surface area contributed by atoms with Crippen LogP contribution in [0.5, 0.6) is 0 Å². The summed E-state index contributed by atoms with van der Waals surface area (Å²) >= 11 is 0. The zero-order valence-corrected chi connectivity index (χ0v) is 23.6. The number of esters is 1. The van der Waals surface area contributed by atoms with Gasteiger partial charge >= 0.3 is 36.3 Å². The van der Waals surface area contributed by atoms with Gasteiger partial charge in [-0.2, -0.15) is 39.5 Å². The molecule has 246 valence electrons. The van der Waals surface area contributed by atoms with E-state index in [0.29, 0.717) is 30.6 Å². The lowest BCUT2D eigenvalue weighted by Gasteiger charge is -2.36. The number of hydrogen-bond acceptors (Lipinski definition) is 3. The van der Waals surface area contributed by atoms with E-state index in [1.807, 2.05) is 0 Å². The fourth-order valence-corrected chi connectivity index (χ4v) is 4.72. The lowest BCUT2D eigenvalue weighted by atomic mass is 9.72. The highest BCUT2D eigenvalue weighted by atomic mass is 19.4. The standard InChI is InChI=1S/C13H21F3O.C8H10F6O2.C4H6F4/c1-7-8(2)11-5-9(7)4-10(11)6-12(3,17)13(14,15)16;1-3-6(2,8(12,13)14)5(15)16-4-7(9,10)11;1-3(5,6)4(2,7)8/h7-11,17H,4-6H2,1-3H3;3-4H2,1-2H3;1-2H3. The minimum atomic E-state index is -4.94. The molecule has 0 heterocycles. The van der Waals surface area contributed by atoms with Gasteiger partial charge in [-0.3, -0.25) is 4.79 Å². The molecule has 2 rings (SSSR count). The van der Waals surface area contributed by atoms with Crippen molar-refractivity contribution < 1.29 is 71.7 Å². The molecule has 0 spiro atoms. The van der Waals surface area contributed by atoms with Crippen molar-refractivity contribution in [1.82, 2.24) is 0 Å². The Labute approximate surface area is 230 Å². The molecule has 2 aliphatic carbocycles. The third-order valence-electron chi connectivity index (χ3n) is 8.23. The van der Waals surface area contributed by atoms with Crippen LogP contribution in [-0.4, -0.2) is 53.7 Å². The Kier molecular flexibility index (Phi) is 12.6. The fraction of sp³-hybridized carbons (Fsp3) is 0.960. The minimum absolute atomic E-state index is 0.0443. The monoisotopic (exact) mass is 632 g/mol. The van der Waals surface area contributed by atoms with Crippen molar-refractivity contribution in [3.05, 3.63) is 0 Å². The van der Waals surface area contributed by atoms with E-state index in [2.05, 4.69) is 18.6 Å². The maximum atomic E-state index is 12.7. The summed E-state index contributed by atoms with van der Waals surface area (Å²) in [5, 5.41) is 9.57. The molecule has 0 aromatic rings.